The van der Waals surface area contributed by atoms with Crippen LogP contribution in [-0.4, -0.2) is 0 Å². The fourth-order valence-corrected chi connectivity index (χ4v) is 2.16. The molecular formula is C20H16F4. The van der Waals surface area contributed by atoms with Gasteiger partial charge < -0.3 is 0 Å². The average Bonchev–Trinajstić information content (AvgIpc) is 2.65. The third-order valence-corrected chi connectivity index (χ3v) is 3.23. The minimum atomic E-state index is -1.14. The normalized spacial score (nSPS) is 17.0. The van der Waals surface area contributed by atoms with Crippen molar-refractivity contribution in [2.75, 3.05) is 0 Å². The first-order valence-corrected chi connectivity index (χ1v) is 7.35. The summed E-state index contributed by atoms with van der Waals surface area (Å²) in [6.45, 7) is 1.33. The Kier molecular flexibility index (Phi) is 6.13. The number of rotatable bonds is 4. The first kappa shape index (κ1) is 17.7. The molecule has 1 aliphatic carbocycles. The molecule has 124 valence electrons. The summed E-state index contributed by atoms with van der Waals surface area (Å²) in [5, 5.41) is 0. The van der Waals surface area contributed by atoms with Gasteiger partial charge in [0.05, 0.1) is 12.2 Å². The second kappa shape index (κ2) is 8.29. The van der Waals surface area contributed by atoms with Gasteiger partial charge in [0, 0.05) is 0 Å². The minimum Gasteiger partial charge on any atom is -0.212 e. The van der Waals surface area contributed by atoms with Crippen molar-refractivity contribution in [1.29, 1.82) is 0 Å². The molecule has 0 unspecified atom stereocenters. The molecule has 0 fully saturated rings. The van der Waals surface area contributed by atoms with Crippen LogP contribution < -0.4 is 0 Å². The zero-order chi connectivity index (χ0) is 17.5. The number of hydrogen-bond acceptors (Lipinski definition) is 0. The Morgan fingerprint density at radius 1 is 1.04 bits per heavy atom. The second-order valence-electron chi connectivity index (χ2n) is 5.24. The number of benzene rings is 1. The minimum absolute atomic E-state index is 0.183. The lowest BCUT2D eigenvalue weighted by Crippen LogP contribution is -1.81. The van der Waals surface area contributed by atoms with Gasteiger partial charge in [0.2, 0.25) is 0 Å². The maximum absolute atomic E-state index is 13.4. The van der Waals surface area contributed by atoms with Crippen LogP contribution in [0.1, 0.15) is 18.9 Å². The summed E-state index contributed by atoms with van der Waals surface area (Å²) in [6, 6.07) is 9.13. The Balaban J connectivity index is 2.32. The summed E-state index contributed by atoms with van der Waals surface area (Å²) in [7, 11) is 0. The molecule has 0 spiro atoms. The molecule has 0 amide bonds. The largest absolute Gasteiger partial charge is 0.212 e. The van der Waals surface area contributed by atoms with E-state index in [1.54, 1.807) is 6.08 Å². The molecule has 0 aromatic heterocycles. The lowest BCUT2D eigenvalue weighted by atomic mass is 10.0. The van der Waals surface area contributed by atoms with E-state index in [1.807, 2.05) is 30.3 Å². The molecule has 0 atom stereocenters. The highest BCUT2D eigenvalue weighted by Gasteiger charge is 2.11. The van der Waals surface area contributed by atoms with Crippen molar-refractivity contribution in [1.82, 2.24) is 0 Å². The van der Waals surface area contributed by atoms with Gasteiger partial charge in [0.25, 0.3) is 0 Å². The first-order valence-electron chi connectivity index (χ1n) is 7.35. The summed E-state index contributed by atoms with van der Waals surface area (Å²) in [6.07, 6.45) is 7.25. The second-order valence-corrected chi connectivity index (χ2v) is 5.24. The van der Waals surface area contributed by atoms with Crippen LogP contribution in [0.25, 0.3) is 5.57 Å². The Hall–Kier alpha value is -2.62. The first-order chi connectivity index (χ1) is 11.5. The van der Waals surface area contributed by atoms with E-state index < -0.39 is 23.9 Å². The monoisotopic (exact) mass is 332 g/mol. The van der Waals surface area contributed by atoms with E-state index in [1.165, 1.54) is 25.2 Å². The molecule has 0 bridgehead atoms. The lowest BCUT2D eigenvalue weighted by molar-refractivity contribution is 0.505. The molecule has 1 aliphatic rings. The summed E-state index contributed by atoms with van der Waals surface area (Å²) in [5.41, 5.74) is 1.59. The molecule has 0 radical (unpaired) electrons. The quantitative estimate of drug-likeness (QED) is 0.418. The molecule has 1 aromatic carbocycles. The summed E-state index contributed by atoms with van der Waals surface area (Å²) in [4.78, 5) is 0. The molecule has 0 saturated carbocycles. The molecule has 0 N–H and O–H groups in total. The van der Waals surface area contributed by atoms with Crippen LogP contribution in [0.5, 0.6) is 0 Å². The van der Waals surface area contributed by atoms with Gasteiger partial charge in [-0.3, -0.25) is 0 Å². The lowest BCUT2D eigenvalue weighted by Gasteiger charge is -2.01. The Labute approximate surface area is 138 Å². The molecule has 4 heteroatoms. The van der Waals surface area contributed by atoms with Crippen molar-refractivity contribution < 1.29 is 17.6 Å². The molecule has 1 aromatic rings. The standard InChI is InChI=1S/C20H16F4/c1-14(21)10-17(16-7-3-2-4-8-16)9-5-6-15-11-18(22)13-20(24)19(23)12-15/h2-12H,13H2,1H3/b6-5+,14-10+,17-9+. The third-order valence-electron chi connectivity index (χ3n) is 3.23. The van der Waals surface area contributed by atoms with Crippen molar-refractivity contribution >= 4 is 5.57 Å². The zero-order valence-corrected chi connectivity index (χ0v) is 13.1. The third kappa shape index (κ3) is 5.23. The van der Waals surface area contributed by atoms with E-state index in [4.69, 9.17) is 0 Å². The molecule has 0 aliphatic heterocycles. The van der Waals surface area contributed by atoms with Crippen molar-refractivity contribution in [3.05, 3.63) is 101 Å². The van der Waals surface area contributed by atoms with Gasteiger partial charge in [-0.15, -0.1) is 0 Å². The predicted molar refractivity (Wildman–Crippen MR) is 89.6 cm³/mol. The predicted octanol–water partition coefficient (Wildman–Crippen LogP) is 6.83. The van der Waals surface area contributed by atoms with Gasteiger partial charge in [-0.2, -0.15) is 0 Å². The van der Waals surface area contributed by atoms with E-state index >= 15 is 0 Å². The van der Waals surface area contributed by atoms with Crippen molar-refractivity contribution in [3.63, 3.8) is 0 Å². The number of halogens is 4. The maximum atomic E-state index is 13.4. The molecule has 0 saturated heterocycles. The van der Waals surface area contributed by atoms with Crippen LogP contribution >= 0.6 is 0 Å². The number of allylic oxidation sites excluding steroid dienone is 12. The summed E-state index contributed by atoms with van der Waals surface area (Å²) >= 11 is 0. The molecular weight excluding hydrogens is 316 g/mol. The van der Waals surface area contributed by atoms with Gasteiger partial charge in [-0.1, -0.05) is 48.6 Å². The van der Waals surface area contributed by atoms with E-state index in [0.29, 0.717) is 5.57 Å². The summed E-state index contributed by atoms with van der Waals surface area (Å²) < 4.78 is 53.2. The topological polar surface area (TPSA) is 0 Å². The van der Waals surface area contributed by atoms with E-state index in [-0.39, 0.29) is 11.4 Å². The Morgan fingerprint density at radius 2 is 1.75 bits per heavy atom. The van der Waals surface area contributed by atoms with Crippen LogP contribution in [-0.2, 0) is 0 Å². The van der Waals surface area contributed by atoms with Crippen LogP contribution in [0, 0.1) is 0 Å². The molecule has 2 rings (SSSR count). The maximum Gasteiger partial charge on any atom is 0.155 e. The summed E-state index contributed by atoms with van der Waals surface area (Å²) in [5.74, 6) is -3.36. The van der Waals surface area contributed by atoms with Crippen LogP contribution in [0.3, 0.4) is 0 Å². The highest BCUT2D eigenvalue weighted by molar-refractivity contribution is 5.75. The Morgan fingerprint density at radius 3 is 2.42 bits per heavy atom. The zero-order valence-electron chi connectivity index (χ0n) is 13.1. The fraction of sp³-hybridized carbons (Fsp3) is 0.100. The Bertz CT molecular complexity index is 771. The van der Waals surface area contributed by atoms with Gasteiger partial charge >= 0.3 is 0 Å². The van der Waals surface area contributed by atoms with Gasteiger partial charge in [0.15, 0.2) is 5.83 Å². The van der Waals surface area contributed by atoms with Crippen LogP contribution in [0.4, 0.5) is 17.6 Å². The van der Waals surface area contributed by atoms with Crippen LogP contribution in [0.15, 0.2) is 95.7 Å². The molecule has 0 nitrogen and oxygen atoms in total. The van der Waals surface area contributed by atoms with E-state index in [9.17, 15) is 17.6 Å². The van der Waals surface area contributed by atoms with Crippen molar-refractivity contribution in [2.24, 2.45) is 0 Å². The number of hydrogen-bond donors (Lipinski definition) is 0. The fourth-order valence-electron chi connectivity index (χ4n) is 2.16. The SMILES string of the molecule is C\C(F)=C/C(=C\C=C\C1=CC(F)=C(F)CC(F)=C1)c1ccccc1. The van der Waals surface area contributed by atoms with E-state index in [2.05, 4.69) is 0 Å². The average molecular weight is 332 g/mol. The van der Waals surface area contributed by atoms with Crippen molar-refractivity contribution in [3.8, 4) is 0 Å². The van der Waals surface area contributed by atoms with Gasteiger partial charge in [-0.05, 0) is 41.9 Å². The highest BCUT2D eigenvalue weighted by Crippen LogP contribution is 2.26. The smallest absolute Gasteiger partial charge is 0.155 e. The molecule has 0 heterocycles. The van der Waals surface area contributed by atoms with E-state index in [0.717, 1.165) is 17.7 Å². The molecule has 24 heavy (non-hydrogen) atoms. The van der Waals surface area contributed by atoms with Crippen molar-refractivity contribution in [2.45, 2.75) is 13.3 Å². The van der Waals surface area contributed by atoms with Crippen LogP contribution in [0.2, 0.25) is 0 Å². The highest BCUT2D eigenvalue weighted by atomic mass is 19.2. The van der Waals surface area contributed by atoms with Gasteiger partial charge in [0.1, 0.15) is 11.7 Å². The van der Waals surface area contributed by atoms with Gasteiger partial charge in [-0.25, -0.2) is 17.6 Å².